The van der Waals surface area contributed by atoms with E-state index in [1.807, 2.05) is 30.1 Å². The lowest BCUT2D eigenvalue weighted by Crippen LogP contribution is -2.44. The molecule has 1 saturated heterocycles. The second-order valence-electron chi connectivity index (χ2n) is 5.96. The van der Waals surface area contributed by atoms with Crippen LogP contribution in [0.15, 0.2) is 24.4 Å². The number of H-pyrrole nitrogens is 1. The average molecular weight is 286 g/mol. The van der Waals surface area contributed by atoms with Gasteiger partial charge in [-0.15, -0.1) is 0 Å². The van der Waals surface area contributed by atoms with Crippen molar-refractivity contribution >= 4 is 22.5 Å². The van der Waals surface area contributed by atoms with Gasteiger partial charge in [0.15, 0.2) is 0 Å². The number of nitrogens with zero attached hydrogens (tertiary/aromatic N) is 2. The molecule has 2 aromatic rings. The van der Waals surface area contributed by atoms with E-state index < -0.39 is 0 Å². The van der Waals surface area contributed by atoms with Crippen LogP contribution in [-0.4, -0.2) is 53.9 Å². The van der Waals surface area contributed by atoms with Crippen LogP contribution < -0.4 is 5.73 Å². The summed E-state index contributed by atoms with van der Waals surface area (Å²) in [7, 11) is 4.03. The second kappa shape index (κ2) is 5.41. The monoisotopic (exact) mass is 286 g/mol. The van der Waals surface area contributed by atoms with Gasteiger partial charge < -0.3 is 20.5 Å². The molecule has 1 aliphatic heterocycles. The van der Waals surface area contributed by atoms with Crippen LogP contribution in [0.3, 0.4) is 0 Å². The van der Waals surface area contributed by atoms with Crippen molar-refractivity contribution in [2.24, 2.45) is 0 Å². The van der Waals surface area contributed by atoms with E-state index >= 15 is 0 Å². The molecule has 0 atom stereocenters. The maximum Gasteiger partial charge on any atom is 0.256 e. The van der Waals surface area contributed by atoms with Gasteiger partial charge in [-0.1, -0.05) is 0 Å². The van der Waals surface area contributed by atoms with Crippen molar-refractivity contribution in [3.05, 3.63) is 30.0 Å². The molecule has 0 unspecified atom stereocenters. The van der Waals surface area contributed by atoms with Crippen LogP contribution >= 0.6 is 0 Å². The predicted molar refractivity (Wildman–Crippen MR) is 85.3 cm³/mol. The number of hydrogen-bond donors (Lipinski definition) is 2. The number of carbonyl (C=O) groups excluding carboxylic acids is 1. The van der Waals surface area contributed by atoms with Gasteiger partial charge in [0.25, 0.3) is 5.91 Å². The third kappa shape index (κ3) is 2.61. The summed E-state index contributed by atoms with van der Waals surface area (Å²) in [6.45, 7) is 2.09. The maximum absolute atomic E-state index is 12.8. The number of carbonyl (C=O) groups is 1. The van der Waals surface area contributed by atoms with Crippen LogP contribution in [0.5, 0.6) is 0 Å². The highest BCUT2D eigenvalue weighted by molar-refractivity contribution is 6.07. The summed E-state index contributed by atoms with van der Waals surface area (Å²) in [6.07, 6.45) is 3.85. The van der Waals surface area contributed by atoms with Gasteiger partial charge in [-0.25, -0.2) is 0 Å². The fourth-order valence-electron chi connectivity index (χ4n) is 3.05. The zero-order valence-electron chi connectivity index (χ0n) is 12.6. The molecule has 0 aliphatic carbocycles. The molecule has 1 aromatic carbocycles. The van der Waals surface area contributed by atoms with E-state index in [0.29, 0.717) is 17.3 Å². The predicted octanol–water partition coefficient (Wildman–Crippen LogP) is 1.92. The summed E-state index contributed by atoms with van der Waals surface area (Å²) in [4.78, 5) is 20.1. The first kappa shape index (κ1) is 13.9. The summed E-state index contributed by atoms with van der Waals surface area (Å²) < 4.78 is 0. The number of piperidine rings is 1. The molecule has 0 radical (unpaired) electrons. The molecular weight excluding hydrogens is 264 g/mol. The van der Waals surface area contributed by atoms with Crippen molar-refractivity contribution in [1.29, 1.82) is 0 Å². The Kier molecular flexibility index (Phi) is 3.59. The SMILES string of the molecule is CN1CCC(N(C)C(=O)c2c[nH]c3ccc(N)cc23)CC1. The van der Waals surface area contributed by atoms with E-state index in [1.165, 1.54) is 0 Å². The van der Waals surface area contributed by atoms with Gasteiger partial charge in [0.1, 0.15) is 0 Å². The Bertz CT molecular complexity index is 655. The van der Waals surface area contributed by atoms with Crippen LogP contribution in [0, 0.1) is 0 Å². The second-order valence-corrected chi connectivity index (χ2v) is 5.96. The zero-order chi connectivity index (χ0) is 15.0. The van der Waals surface area contributed by atoms with Gasteiger partial charge in [-0.05, 0) is 51.2 Å². The molecule has 2 heterocycles. The molecule has 0 bridgehead atoms. The number of amides is 1. The Balaban J connectivity index is 1.84. The summed E-state index contributed by atoms with van der Waals surface area (Å²) in [5.41, 5.74) is 8.18. The largest absolute Gasteiger partial charge is 0.399 e. The lowest BCUT2D eigenvalue weighted by molar-refractivity contribution is 0.0661. The zero-order valence-corrected chi connectivity index (χ0v) is 12.6. The average Bonchev–Trinajstić information content (AvgIpc) is 2.89. The van der Waals surface area contributed by atoms with Crippen molar-refractivity contribution in [2.45, 2.75) is 18.9 Å². The number of aromatic nitrogens is 1. The molecule has 3 rings (SSSR count). The number of nitrogens with one attached hydrogen (secondary N) is 1. The van der Waals surface area contributed by atoms with Crippen LogP contribution in [0.4, 0.5) is 5.69 Å². The number of hydrogen-bond acceptors (Lipinski definition) is 3. The lowest BCUT2D eigenvalue weighted by Gasteiger charge is -2.35. The molecular formula is C16H22N4O. The lowest BCUT2D eigenvalue weighted by atomic mass is 10.0. The van der Waals surface area contributed by atoms with Gasteiger partial charge in [-0.3, -0.25) is 4.79 Å². The van der Waals surface area contributed by atoms with Crippen molar-refractivity contribution in [3.8, 4) is 0 Å². The van der Waals surface area contributed by atoms with Crippen molar-refractivity contribution in [3.63, 3.8) is 0 Å². The number of likely N-dealkylation sites (tertiary alicyclic amines) is 1. The van der Waals surface area contributed by atoms with Crippen LogP contribution in [-0.2, 0) is 0 Å². The highest BCUT2D eigenvalue weighted by atomic mass is 16.2. The fourth-order valence-corrected chi connectivity index (χ4v) is 3.05. The van der Waals surface area contributed by atoms with E-state index in [2.05, 4.69) is 16.9 Å². The van der Waals surface area contributed by atoms with E-state index in [0.717, 1.165) is 36.8 Å². The number of benzene rings is 1. The Morgan fingerprint density at radius 2 is 2.10 bits per heavy atom. The quantitative estimate of drug-likeness (QED) is 0.829. The molecule has 5 nitrogen and oxygen atoms in total. The van der Waals surface area contributed by atoms with E-state index in [-0.39, 0.29) is 5.91 Å². The minimum absolute atomic E-state index is 0.0707. The number of rotatable bonds is 2. The smallest absolute Gasteiger partial charge is 0.256 e. The standard InChI is InChI=1S/C16H22N4O/c1-19-7-5-12(6-8-19)20(2)16(21)14-10-18-15-4-3-11(17)9-13(14)15/h3-4,9-10,12,18H,5-8,17H2,1-2H3. The normalized spacial score (nSPS) is 17.2. The van der Waals surface area contributed by atoms with Crippen molar-refractivity contribution < 1.29 is 4.79 Å². The third-order valence-electron chi connectivity index (χ3n) is 4.49. The summed E-state index contributed by atoms with van der Waals surface area (Å²) in [5.74, 6) is 0.0707. The first-order valence-electron chi connectivity index (χ1n) is 7.38. The Hall–Kier alpha value is -2.01. The molecule has 1 aliphatic rings. The first-order chi connectivity index (χ1) is 10.1. The maximum atomic E-state index is 12.8. The van der Waals surface area contributed by atoms with E-state index in [9.17, 15) is 4.79 Å². The Morgan fingerprint density at radius 3 is 2.81 bits per heavy atom. The van der Waals surface area contributed by atoms with Crippen LogP contribution in [0.25, 0.3) is 10.9 Å². The van der Waals surface area contributed by atoms with Gasteiger partial charge in [0.05, 0.1) is 5.56 Å². The minimum atomic E-state index is 0.0707. The summed E-state index contributed by atoms with van der Waals surface area (Å²) in [5, 5.41) is 0.903. The van der Waals surface area contributed by atoms with Crippen molar-refractivity contribution in [1.82, 2.24) is 14.8 Å². The number of anilines is 1. The van der Waals surface area contributed by atoms with Crippen LogP contribution in [0.2, 0.25) is 0 Å². The Labute approximate surface area is 124 Å². The highest BCUT2D eigenvalue weighted by Gasteiger charge is 2.26. The number of aromatic amines is 1. The van der Waals surface area contributed by atoms with Gasteiger partial charge >= 0.3 is 0 Å². The summed E-state index contributed by atoms with van der Waals surface area (Å²) in [6, 6.07) is 5.94. The first-order valence-corrected chi connectivity index (χ1v) is 7.38. The molecule has 1 fully saturated rings. The molecule has 0 saturated carbocycles. The van der Waals surface area contributed by atoms with E-state index in [4.69, 9.17) is 5.73 Å². The Morgan fingerprint density at radius 1 is 1.38 bits per heavy atom. The third-order valence-corrected chi connectivity index (χ3v) is 4.49. The molecule has 0 spiro atoms. The van der Waals surface area contributed by atoms with Crippen LogP contribution in [0.1, 0.15) is 23.2 Å². The summed E-state index contributed by atoms with van der Waals surface area (Å²) >= 11 is 0. The topological polar surface area (TPSA) is 65.4 Å². The molecule has 112 valence electrons. The minimum Gasteiger partial charge on any atom is -0.399 e. The van der Waals surface area contributed by atoms with Gasteiger partial charge in [0.2, 0.25) is 0 Å². The van der Waals surface area contributed by atoms with Crippen molar-refractivity contribution in [2.75, 3.05) is 32.9 Å². The van der Waals surface area contributed by atoms with Gasteiger partial charge in [0, 0.05) is 35.9 Å². The molecule has 21 heavy (non-hydrogen) atoms. The molecule has 3 N–H and O–H groups in total. The van der Waals surface area contributed by atoms with Gasteiger partial charge in [-0.2, -0.15) is 0 Å². The molecule has 5 heteroatoms. The van der Waals surface area contributed by atoms with E-state index in [1.54, 1.807) is 6.20 Å². The number of nitrogen functional groups attached to an aromatic ring is 1. The fraction of sp³-hybridized carbons (Fsp3) is 0.438. The number of nitrogens with two attached hydrogens (primary N) is 1. The number of fused-ring (bicyclic) bond motifs is 1. The highest BCUT2D eigenvalue weighted by Crippen LogP contribution is 2.24. The molecule has 1 amide bonds. The molecule has 1 aromatic heterocycles.